The summed E-state index contributed by atoms with van der Waals surface area (Å²) in [6.07, 6.45) is 0. The molecule has 4 heteroatoms. The number of thiazole rings is 2. The van der Waals surface area contributed by atoms with Gasteiger partial charge in [0.1, 0.15) is 5.01 Å². The molecule has 2 nitrogen and oxygen atoms in total. The minimum Gasteiger partial charge on any atom is -0.236 e. The van der Waals surface area contributed by atoms with Gasteiger partial charge in [-0.3, -0.25) is 0 Å². The van der Waals surface area contributed by atoms with Crippen molar-refractivity contribution < 1.29 is 0 Å². The van der Waals surface area contributed by atoms with Gasteiger partial charge in [-0.05, 0) is 18.2 Å². The van der Waals surface area contributed by atoms with E-state index in [0.717, 1.165) is 21.6 Å². The van der Waals surface area contributed by atoms with Gasteiger partial charge >= 0.3 is 0 Å². The summed E-state index contributed by atoms with van der Waals surface area (Å²) in [5, 5.41) is 1.04. The van der Waals surface area contributed by atoms with Gasteiger partial charge in [-0.25, -0.2) is 9.97 Å². The summed E-state index contributed by atoms with van der Waals surface area (Å²) in [4.78, 5) is 8.87. The molecule has 0 aliphatic carbocycles. The lowest BCUT2D eigenvalue weighted by molar-refractivity contribution is 1.46. The zero-order chi connectivity index (χ0) is 11.9. The van der Waals surface area contributed by atoms with Crippen molar-refractivity contribution >= 4 is 43.1 Å². The third-order valence-corrected chi connectivity index (χ3v) is 4.55. The molecule has 0 atom stereocenters. The molecular weight excluding hydrogens is 260 g/mol. The molecule has 2 aromatic carbocycles. The third-order valence-electron chi connectivity index (χ3n) is 2.76. The summed E-state index contributed by atoms with van der Waals surface area (Å²) in [6, 6.07) is 15.1. The fourth-order valence-corrected chi connectivity index (χ4v) is 3.58. The van der Waals surface area contributed by atoms with Crippen LogP contribution in [0.5, 0.6) is 0 Å². The molecule has 0 fully saturated rings. The van der Waals surface area contributed by atoms with Crippen molar-refractivity contribution in [2.45, 2.75) is 0 Å². The molecule has 0 N–H and O–H groups in total. The van der Waals surface area contributed by atoms with Crippen LogP contribution in [0.15, 0.2) is 36.4 Å². The van der Waals surface area contributed by atoms with Gasteiger partial charge in [0, 0.05) is 5.56 Å². The largest absolute Gasteiger partial charge is 0.236 e. The van der Waals surface area contributed by atoms with Crippen LogP contribution in [-0.2, 0) is 0 Å². The van der Waals surface area contributed by atoms with Gasteiger partial charge in [0.25, 0.3) is 0 Å². The third kappa shape index (κ3) is 1.54. The van der Waals surface area contributed by atoms with Crippen LogP contribution >= 0.6 is 22.7 Å². The number of aromatic nitrogens is 2. The molecule has 4 rings (SSSR count). The molecule has 84 valence electrons. The van der Waals surface area contributed by atoms with Crippen LogP contribution in [0.1, 0.15) is 0 Å². The second kappa shape index (κ2) is 3.86. The van der Waals surface area contributed by atoms with Gasteiger partial charge in [0.2, 0.25) is 0 Å². The Morgan fingerprint density at radius 1 is 1.00 bits per heavy atom. The molecule has 0 saturated heterocycles. The molecule has 2 aromatic heterocycles. The minimum absolute atomic E-state index is 0.978. The van der Waals surface area contributed by atoms with Gasteiger partial charge in [0.15, 0.2) is 5.51 Å². The highest BCUT2D eigenvalue weighted by Crippen LogP contribution is 2.33. The normalized spacial score (nSPS) is 11.3. The second-order valence-corrected chi connectivity index (χ2v) is 5.76. The predicted octanol–water partition coefficient (Wildman–Crippen LogP) is 4.17. The monoisotopic (exact) mass is 266 g/mol. The van der Waals surface area contributed by atoms with E-state index in [2.05, 4.69) is 27.6 Å². The number of benzene rings is 2. The van der Waals surface area contributed by atoms with Gasteiger partial charge in [-0.1, -0.05) is 24.3 Å². The summed E-state index contributed by atoms with van der Waals surface area (Å²) < 4.78 is 2.36. The summed E-state index contributed by atoms with van der Waals surface area (Å²) >= 11 is 3.25. The molecular formula is C14H6N2S2. The minimum atomic E-state index is 0.978. The first kappa shape index (κ1) is 10.2. The first-order valence-corrected chi connectivity index (χ1v) is 7.07. The quantitative estimate of drug-likeness (QED) is 0.516. The van der Waals surface area contributed by atoms with Crippen LogP contribution in [0, 0.1) is 11.6 Å². The molecule has 0 bridgehead atoms. The summed E-state index contributed by atoms with van der Waals surface area (Å²) in [5.74, 6) is 0. The van der Waals surface area contributed by atoms with E-state index < -0.39 is 0 Å². The molecule has 0 unspecified atom stereocenters. The van der Waals surface area contributed by atoms with E-state index >= 15 is 0 Å². The highest BCUT2D eigenvalue weighted by Gasteiger charge is 2.08. The van der Waals surface area contributed by atoms with E-state index in [4.69, 9.17) is 0 Å². The van der Waals surface area contributed by atoms with Crippen molar-refractivity contribution in [3.63, 3.8) is 0 Å². The van der Waals surface area contributed by atoms with Gasteiger partial charge < -0.3 is 0 Å². The zero-order valence-electron chi connectivity index (χ0n) is 9.18. The molecule has 0 spiro atoms. The van der Waals surface area contributed by atoms with E-state index in [1.165, 1.54) is 9.40 Å². The van der Waals surface area contributed by atoms with Crippen LogP contribution in [0.3, 0.4) is 0 Å². The van der Waals surface area contributed by atoms with Gasteiger partial charge in [-0.2, -0.15) is 0 Å². The maximum Gasteiger partial charge on any atom is 0.153 e. The Morgan fingerprint density at radius 3 is 2.78 bits per heavy atom. The van der Waals surface area contributed by atoms with E-state index in [0.29, 0.717) is 0 Å². The lowest BCUT2D eigenvalue weighted by Crippen LogP contribution is -1.74. The van der Waals surface area contributed by atoms with Crippen molar-refractivity contribution in [2.24, 2.45) is 0 Å². The van der Waals surface area contributed by atoms with Gasteiger partial charge in [0.05, 0.1) is 20.4 Å². The summed E-state index contributed by atoms with van der Waals surface area (Å²) in [7, 11) is 0. The van der Waals surface area contributed by atoms with Crippen LogP contribution in [0.25, 0.3) is 31.0 Å². The van der Waals surface area contributed by atoms with E-state index in [1.54, 1.807) is 22.7 Å². The average Bonchev–Trinajstić information content (AvgIpc) is 3.01. The summed E-state index contributed by atoms with van der Waals surface area (Å²) in [6.45, 7) is 0. The molecule has 0 amide bonds. The Hall–Kier alpha value is -1.78. The molecule has 4 aromatic rings. The van der Waals surface area contributed by atoms with Crippen LogP contribution in [-0.4, -0.2) is 9.97 Å². The standard InChI is InChI=1S/C14H6N2S2/c1-2-4-9(5-3-1)14-16-11-6-10-12(17-8-15-10)7-13(11)18-14/h2-7H. The SMILES string of the molecule is [c]1ccc(-c2nc3cc4n[c]sc4cc3s2)cc1. The van der Waals surface area contributed by atoms with Crippen LogP contribution < -0.4 is 0 Å². The Morgan fingerprint density at radius 2 is 1.89 bits per heavy atom. The molecule has 2 radical (unpaired) electrons. The van der Waals surface area contributed by atoms with Crippen molar-refractivity contribution in [1.82, 2.24) is 9.97 Å². The molecule has 0 aliphatic rings. The highest BCUT2D eigenvalue weighted by molar-refractivity contribution is 7.22. The van der Waals surface area contributed by atoms with E-state index in [-0.39, 0.29) is 0 Å². The van der Waals surface area contributed by atoms with Crippen molar-refractivity contribution in [1.29, 1.82) is 0 Å². The highest BCUT2D eigenvalue weighted by atomic mass is 32.1. The lowest BCUT2D eigenvalue weighted by Gasteiger charge is -1.91. The Labute approximate surface area is 112 Å². The van der Waals surface area contributed by atoms with Crippen LogP contribution in [0.4, 0.5) is 0 Å². The van der Waals surface area contributed by atoms with Crippen molar-refractivity contribution in [3.05, 3.63) is 48.0 Å². The Kier molecular flexibility index (Phi) is 2.18. The van der Waals surface area contributed by atoms with Crippen LogP contribution in [0.2, 0.25) is 0 Å². The first-order chi connectivity index (χ1) is 8.90. The molecule has 0 aliphatic heterocycles. The van der Waals surface area contributed by atoms with Crippen molar-refractivity contribution in [2.75, 3.05) is 0 Å². The van der Waals surface area contributed by atoms with Gasteiger partial charge in [-0.15, -0.1) is 22.7 Å². The predicted molar refractivity (Wildman–Crippen MR) is 75.9 cm³/mol. The van der Waals surface area contributed by atoms with E-state index in [1.807, 2.05) is 30.3 Å². The maximum atomic E-state index is 4.67. The lowest BCUT2D eigenvalue weighted by atomic mass is 10.2. The molecule has 2 heterocycles. The molecule has 0 saturated carbocycles. The Balaban J connectivity index is 1.98. The fourth-order valence-electron chi connectivity index (χ4n) is 1.89. The number of fused-ring (bicyclic) bond motifs is 2. The summed E-state index contributed by atoms with van der Waals surface area (Å²) in [5.41, 5.74) is 6.04. The average molecular weight is 266 g/mol. The zero-order valence-corrected chi connectivity index (χ0v) is 10.8. The topological polar surface area (TPSA) is 25.8 Å². The van der Waals surface area contributed by atoms with Crippen molar-refractivity contribution in [3.8, 4) is 10.6 Å². The second-order valence-electron chi connectivity index (χ2n) is 3.90. The number of hydrogen-bond donors (Lipinski definition) is 0. The van der Waals surface area contributed by atoms with E-state index in [9.17, 15) is 0 Å². The number of hydrogen-bond acceptors (Lipinski definition) is 4. The number of rotatable bonds is 1. The molecule has 18 heavy (non-hydrogen) atoms. The first-order valence-electron chi connectivity index (χ1n) is 5.44. The Bertz CT molecular complexity index is 783. The number of nitrogens with zero attached hydrogens (tertiary/aromatic N) is 2. The smallest absolute Gasteiger partial charge is 0.153 e. The fraction of sp³-hybridized carbons (Fsp3) is 0. The maximum absolute atomic E-state index is 4.67.